The second kappa shape index (κ2) is 1.28. The van der Waals surface area contributed by atoms with Crippen LogP contribution in [0.3, 0.4) is 0 Å². The zero-order valence-corrected chi connectivity index (χ0v) is 11.1. The molecule has 3 nitrogen and oxygen atoms in total. The van der Waals surface area contributed by atoms with Crippen LogP contribution in [0.5, 0.6) is 0 Å². The Morgan fingerprint density at radius 1 is 0.625 bits per heavy atom. The molecule has 0 aliphatic rings. The third-order valence-corrected chi connectivity index (χ3v) is 21.4. The SMILES string of the molecule is C[C](=O)[Re]([F])([F])([F])([F])([F])([F])([C](C)=O)[C](C)=O. The van der Waals surface area contributed by atoms with E-state index in [1.165, 1.54) is 0 Å². The number of carbonyl (C=O) groups excluding carboxylic acids is 3. The van der Waals surface area contributed by atoms with Crippen LogP contribution in [0, 0.1) is 0 Å². The fraction of sp³-hybridized carbons (Fsp3) is 0.500. The third kappa shape index (κ3) is 0.891. The summed E-state index contributed by atoms with van der Waals surface area (Å²) in [7, 11) is 0. The molecule has 0 saturated carbocycles. The zero-order chi connectivity index (χ0) is 14.1. The minimum atomic E-state index is -15.5. The van der Waals surface area contributed by atoms with Gasteiger partial charge in [-0.3, -0.25) is 0 Å². The van der Waals surface area contributed by atoms with Crippen LogP contribution in [0.15, 0.2) is 0 Å². The van der Waals surface area contributed by atoms with Crippen molar-refractivity contribution in [3.05, 3.63) is 0 Å². The Balaban J connectivity index is 8.03. The first-order chi connectivity index (χ1) is 6.04. The minimum absolute atomic E-state index is 0.880. The molecule has 0 aromatic heterocycles. The molecule has 0 radical (unpaired) electrons. The van der Waals surface area contributed by atoms with Gasteiger partial charge in [-0.1, -0.05) is 0 Å². The molecule has 0 spiro atoms. The molecule has 0 fully saturated rings. The van der Waals surface area contributed by atoms with Gasteiger partial charge in [0, 0.05) is 0 Å². The van der Waals surface area contributed by atoms with E-state index >= 15 is 0 Å². The van der Waals surface area contributed by atoms with E-state index < -0.39 is 46.1 Å². The average molecular weight is 429 g/mol. The second-order valence-corrected chi connectivity index (χ2v) is 26.6. The molecule has 0 saturated heterocycles. The Labute approximate surface area is 80.3 Å². The molecule has 0 amide bonds. The standard InChI is InChI=1S/3C2H3O.6FH.Re/c3*1-2-3;;;;;;;/h3*1H3;6*1H;/q;;;;;;;;;+6/p-6. The van der Waals surface area contributed by atoms with Crippen molar-refractivity contribution in [2.75, 3.05) is 0 Å². The van der Waals surface area contributed by atoms with E-state index in [4.69, 9.17) is 0 Å². The van der Waals surface area contributed by atoms with Crippen LogP contribution in [0.4, 0.5) is 19.3 Å². The Morgan fingerprint density at radius 3 is 0.750 bits per heavy atom. The van der Waals surface area contributed by atoms with E-state index in [0.717, 1.165) is 0 Å². The van der Waals surface area contributed by atoms with Gasteiger partial charge in [0.15, 0.2) is 0 Å². The summed E-state index contributed by atoms with van der Waals surface area (Å²) in [4.78, 5) is 31.0. The van der Waals surface area contributed by atoms with E-state index in [1.807, 2.05) is 0 Å². The normalized spacial score (nSPS) is 25.7. The van der Waals surface area contributed by atoms with Crippen molar-refractivity contribution in [3.63, 3.8) is 0 Å². The fourth-order valence-electron chi connectivity index (χ4n) is 0.562. The third-order valence-electron chi connectivity index (χ3n) is 2.61. The van der Waals surface area contributed by atoms with E-state index in [2.05, 4.69) is 0 Å². The van der Waals surface area contributed by atoms with Gasteiger partial charge in [-0.05, 0) is 0 Å². The van der Waals surface area contributed by atoms with Crippen molar-refractivity contribution in [1.29, 1.82) is 0 Å². The molecule has 0 unspecified atom stereocenters. The molecule has 0 heterocycles. The fourth-order valence-corrected chi connectivity index (χ4v) is 4.60. The first-order valence-electron chi connectivity index (χ1n) is 3.54. The van der Waals surface area contributed by atoms with Crippen molar-refractivity contribution in [2.45, 2.75) is 20.8 Å². The summed E-state index contributed by atoms with van der Waals surface area (Å²) in [5.41, 5.74) is 0. The summed E-state index contributed by atoms with van der Waals surface area (Å²) in [6.07, 6.45) is 0. The predicted molar refractivity (Wildman–Crippen MR) is 38.7 cm³/mol. The molecule has 0 aliphatic carbocycles. The molecule has 0 atom stereocenters. The van der Waals surface area contributed by atoms with Crippen LogP contribution in [-0.2, 0) is 26.9 Å². The summed E-state index contributed by atoms with van der Waals surface area (Å²) < 4.78 is 67.3. The second-order valence-electron chi connectivity index (χ2n) is 3.79. The van der Waals surface area contributed by atoms with Gasteiger partial charge in [-0.2, -0.15) is 0 Å². The summed E-state index contributed by atoms with van der Waals surface area (Å²) in [6.45, 7) is -2.64. The van der Waals surface area contributed by atoms with Gasteiger partial charge in [0.2, 0.25) is 0 Å². The quantitative estimate of drug-likeness (QED) is 0.649. The van der Waals surface area contributed by atoms with Gasteiger partial charge in [-0.25, -0.2) is 0 Å². The van der Waals surface area contributed by atoms with Crippen LogP contribution in [-0.4, -0.2) is 12.8 Å². The van der Waals surface area contributed by atoms with Crippen LogP contribution in [0.1, 0.15) is 20.8 Å². The first-order valence-corrected chi connectivity index (χ1v) is 13.8. The van der Waals surface area contributed by atoms with Crippen LogP contribution < -0.4 is 0 Å². The molecule has 0 N–H and O–H groups in total. The molecule has 0 aromatic rings. The van der Waals surface area contributed by atoms with Gasteiger partial charge in [-0.15, -0.1) is 0 Å². The van der Waals surface area contributed by atoms with E-state index in [-0.39, 0.29) is 0 Å². The maximum absolute atomic E-state index is 15.5. The monoisotopic (exact) mass is 430 g/mol. The van der Waals surface area contributed by atoms with Crippen molar-refractivity contribution in [3.8, 4) is 0 Å². The van der Waals surface area contributed by atoms with Crippen molar-refractivity contribution in [2.24, 2.45) is 0 Å². The molecular formula is C6H9F6O3Re. The Kier molecular flexibility index (Phi) is 1.22. The van der Waals surface area contributed by atoms with Gasteiger partial charge >= 0.3 is 79.8 Å². The van der Waals surface area contributed by atoms with E-state index in [9.17, 15) is 33.7 Å². The van der Waals surface area contributed by atoms with Crippen molar-refractivity contribution >= 4 is 12.8 Å². The Morgan fingerprint density at radius 2 is 0.750 bits per heavy atom. The van der Waals surface area contributed by atoms with Gasteiger partial charge < -0.3 is 0 Å². The molecule has 16 heavy (non-hydrogen) atoms. The molecule has 0 aromatic carbocycles. The molecule has 0 bridgehead atoms. The van der Waals surface area contributed by atoms with E-state index in [0.29, 0.717) is 0 Å². The molecule has 10 heteroatoms. The van der Waals surface area contributed by atoms with Gasteiger partial charge in [0.25, 0.3) is 0 Å². The topological polar surface area (TPSA) is 51.2 Å². The van der Waals surface area contributed by atoms with E-state index in [1.54, 1.807) is 0 Å². The first kappa shape index (κ1) is 15.3. The van der Waals surface area contributed by atoms with Crippen LogP contribution >= 0.6 is 0 Å². The molecule has 100 valence electrons. The number of rotatable bonds is 3. The number of carbonyl (C=O) groups is 3. The van der Waals surface area contributed by atoms with Crippen LogP contribution in [0.2, 0.25) is 0 Å². The van der Waals surface area contributed by atoms with Crippen LogP contribution in [0.25, 0.3) is 0 Å². The van der Waals surface area contributed by atoms with Gasteiger partial charge in [0.05, 0.1) is 0 Å². The maximum atomic E-state index is 13.4. The number of halogens is 6. The molecule has 0 rings (SSSR count). The predicted octanol–water partition coefficient (Wildman–Crippen LogP) is 2.77. The number of hydrogen-bond acceptors (Lipinski definition) is 3. The number of hydrogen-bond donors (Lipinski definition) is 0. The van der Waals surface area contributed by atoms with Crippen molar-refractivity contribution in [1.82, 2.24) is 0 Å². The van der Waals surface area contributed by atoms with Gasteiger partial charge in [0.1, 0.15) is 0 Å². The Bertz CT molecular complexity index is 471. The average Bonchev–Trinajstić information content (AvgIpc) is 1.82. The summed E-state index contributed by atoms with van der Waals surface area (Å²) in [5, 5.41) is 0. The molecule has 0 aliphatic heterocycles. The summed E-state index contributed by atoms with van der Waals surface area (Å²) >= 11 is -15.5. The molecular weight excluding hydrogens is 420 g/mol. The summed E-state index contributed by atoms with van der Waals surface area (Å²) in [5.74, 6) is 0. The zero-order valence-electron chi connectivity index (χ0n) is 8.37. The Hall–Kier alpha value is -0.748. The summed E-state index contributed by atoms with van der Waals surface area (Å²) in [6, 6.07) is 0. The van der Waals surface area contributed by atoms with Crippen molar-refractivity contribution < 1.29 is 46.2 Å².